The fraction of sp³-hybridized carbons (Fsp3) is 0.235. The highest BCUT2D eigenvalue weighted by atomic mass is 79.9. The van der Waals surface area contributed by atoms with Crippen LogP contribution in [0.3, 0.4) is 0 Å². The Morgan fingerprint density at radius 1 is 1.24 bits per heavy atom. The molecule has 0 spiro atoms. The number of carbonyl (C=O) groups excluding carboxylic acids is 1. The fourth-order valence-corrected chi connectivity index (χ4v) is 2.47. The number of halogens is 2. The van der Waals surface area contributed by atoms with Gasteiger partial charge in [-0.3, -0.25) is 4.79 Å². The van der Waals surface area contributed by atoms with E-state index in [4.69, 9.17) is 11.6 Å². The Hall–Kier alpha value is -1.32. The van der Waals surface area contributed by atoms with Crippen molar-refractivity contribution in [3.63, 3.8) is 0 Å². The SMILES string of the molecule is CC(CCc1ccccc1)NC(=O)c1ccc(Br)c(Cl)c1. The predicted molar refractivity (Wildman–Crippen MR) is 90.8 cm³/mol. The maximum absolute atomic E-state index is 12.1. The summed E-state index contributed by atoms with van der Waals surface area (Å²) in [6, 6.07) is 15.6. The first-order valence-corrected chi connectivity index (χ1v) is 8.03. The molecule has 0 aliphatic heterocycles. The van der Waals surface area contributed by atoms with Crippen LogP contribution in [0, 0.1) is 0 Å². The Bertz CT molecular complexity index is 615. The first kappa shape index (κ1) is 16.1. The zero-order valence-electron chi connectivity index (χ0n) is 11.8. The second-order valence-corrected chi connectivity index (χ2v) is 6.29. The van der Waals surface area contributed by atoms with E-state index in [2.05, 4.69) is 33.4 Å². The van der Waals surface area contributed by atoms with Crippen molar-refractivity contribution >= 4 is 33.4 Å². The van der Waals surface area contributed by atoms with Gasteiger partial charge in [0, 0.05) is 16.1 Å². The van der Waals surface area contributed by atoms with Gasteiger partial charge in [-0.25, -0.2) is 0 Å². The highest BCUT2D eigenvalue weighted by molar-refractivity contribution is 9.10. The van der Waals surface area contributed by atoms with Crippen LogP contribution >= 0.6 is 27.5 Å². The summed E-state index contributed by atoms with van der Waals surface area (Å²) in [5, 5.41) is 3.54. The van der Waals surface area contributed by atoms with E-state index in [9.17, 15) is 4.79 Å². The van der Waals surface area contributed by atoms with Crippen LogP contribution in [0.15, 0.2) is 53.0 Å². The lowest BCUT2D eigenvalue weighted by atomic mass is 10.1. The van der Waals surface area contributed by atoms with Gasteiger partial charge in [0.05, 0.1) is 5.02 Å². The Morgan fingerprint density at radius 3 is 2.62 bits per heavy atom. The van der Waals surface area contributed by atoms with Gasteiger partial charge in [0.15, 0.2) is 0 Å². The molecule has 1 atom stereocenters. The highest BCUT2D eigenvalue weighted by Gasteiger charge is 2.11. The van der Waals surface area contributed by atoms with E-state index in [-0.39, 0.29) is 11.9 Å². The third-order valence-corrected chi connectivity index (χ3v) is 4.50. The standard InChI is InChI=1S/C17H17BrClNO/c1-12(7-8-13-5-3-2-4-6-13)20-17(21)14-9-10-15(18)16(19)11-14/h2-6,9-12H,7-8H2,1H3,(H,20,21). The number of amides is 1. The van der Waals surface area contributed by atoms with Crippen molar-refractivity contribution in [2.45, 2.75) is 25.8 Å². The monoisotopic (exact) mass is 365 g/mol. The number of rotatable bonds is 5. The maximum atomic E-state index is 12.1. The number of benzene rings is 2. The molecule has 0 aromatic heterocycles. The first-order chi connectivity index (χ1) is 10.1. The van der Waals surface area contributed by atoms with E-state index in [0.29, 0.717) is 10.6 Å². The van der Waals surface area contributed by atoms with E-state index in [0.717, 1.165) is 17.3 Å². The summed E-state index contributed by atoms with van der Waals surface area (Å²) in [4.78, 5) is 12.1. The van der Waals surface area contributed by atoms with Crippen LogP contribution in [0.2, 0.25) is 5.02 Å². The van der Waals surface area contributed by atoms with Crippen molar-refractivity contribution in [2.24, 2.45) is 0 Å². The average molecular weight is 367 g/mol. The quantitative estimate of drug-likeness (QED) is 0.805. The van der Waals surface area contributed by atoms with Crippen molar-refractivity contribution in [1.29, 1.82) is 0 Å². The average Bonchev–Trinajstić information content (AvgIpc) is 2.49. The van der Waals surface area contributed by atoms with E-state index in [1.165, 1.54) is 5.56 Å². The van der Waals surface area contributed by atoms with E-state index in [1.54, 1.807) is 18.2 Å². The van der Waals surface area contributed by atoms with Gasteiger partial charge in [-0.05, 0) is 59.5 Å². The molecule has 2 aromatic rings. The number of hydrogen-bond donors (Lipinski definition) is 1. The Labute approximate surface area is 138 Å². The fourth-order valence-electron chi connectivity index (χ4n) is 2.04. The molecule has 0 radical (unpaired) electrons. The molecule has 1 unspecified atom stereocenters. The lowest BCUT2D eigenvalue weighted by molar-refractivity contribution is 0.0938. The van der Waals surface area contributed by atoms with Gasteiger partial charge in [0.2, 0.25) is 0 Å². The summed E-state index contributed by atoms with van der Waals surface area (Å²) in [6.07, 6.45) is 1.85. The molecule has 1 N–H and O–H groups in total. The minimum atomic E-state index is -0.0926. The van der Waals surface area contributed by atoms with Gasteiger partial charge >= 0.3 is 0 Å². The van der Waals surface area contributed by atoms with Crippen LogP contribution in [0.1, 0.15) is 29.3 Å². The van der Waals surface area contributed by atoms with Crippen LogP contribution in [0.25, 0.3) is 0 Å². The second-order valence-electron chi connectivity index (χ2n) is 5.03. The molecule has 2 aromatic carbocycles. The molecule has 0 saturated carbocycles. The van der Waals surface area contributed by atoms with Gasteiger partial charge in [0.25, 0.3) is 5.91 Å². The summed E-state index contributed by atoms with van der Waals surface area (Å²) in [7, 11) is 0. The van der Waals surface area contributed by atoms with Crippen LogP contribution in [0.4, 0.5) is 0 Å². The van der Waals surface area contributed by atoms with Crippen LogP contribution in [-0.4, -0.2) is 11.9 Å². The van der Waals surface area contributed by atoms with Crippen LogP contribution < -0.4 is 5.32 Å². The van der Waals surface area contributed by atoms with Crippen LogP contribution in [-0.2, 0) is 6.42 Å². The smallest absolute Gasteiger partial charge is 0.251 e. The largest absolute Gasteiger partial charge is 0.350 e. The molecule has 110 valence electrons. The summed E-state index contributed by atoms with van der Waals surface area (Å²) < 4.78 is 0.790. The molecule has 21 heavy (non-hydrogen) atoms. The Kier molecular flexibility index (Phi) is 5.83. The summed E-state index contributed by atoms with van der Waals surface area (Å²) >= 11 is 9.33. The molecule has 1 amide bonds. The number of aryl methyl sites for hydroxylation is 1. The third kappa shape index (κ3) is 4.87. The van der Waals surface area contributed by atoms with Gasteiger partial charge in [-0.1, -0.05) is 41.9 Å². The van der Waals surface area contributed by atoms with Crippen molar-refractivity contribution in [3.8, 4) is 0 Å². The normalized spacial score (nSPS) is 12.0. The molecule has 0 bridgehead atoms. The lowest BCUT2D eigenvalue weighted by Crippen LogP contribution is -2.32. The van der Waals surface area contributed by atoms with Gasteiger partial charge in [0.1, 0.15) is 0 Å². The number of carbonyl (C=O) groups is 1. The summed E-state index contributed by atoms with van der Waals surface area (Å²) in [6.45, 7) is 2.02. The lowest BCUT2D eigenvalue weighted by Gasteiger charge is -2.14. The zero-order chi connectivity index (χ0) is 15.2. The van der Waals surface area contributed by atoms with E-state index < -0.39 is 0 Å². The molecule has 0 saturated heterocycles. The molecular weight excluding hydrogens is 350 g/mol. The van der Waals surface area contributed by atoms with Gasteiger partial charge < -0.3 is 5.32 Å². The Morgan fingerprint density at radius 2 is 1.95 bits per heavy atom. The molecule has 2 rings (SSSR count). The van der Waals surface area contributed by atoms with Crippen molar-refractivity contribution in [3.05, 3.63) is 69.2 Å². The molecule has 0 aliphatic carbocycles. The summed E-state index contributed by atoms with van der Waals surface area (Å²) in [5.41, 5.74) is 1.86. The van der Waals surface area contributed by atoms with Crippen molar-refractivity contribution < 1.29 is 4.79 Å². The molecule has 4 heteroatoms. The second kappa shape index (κ2) is 7.62. The molecule has 0 heterocycles. The summed E-state index contributed by atoms with van der Waals surface area (Å²) in [5.74, 6) is -0.0926. The highest BCUT2D eigenvalue weighted by Crippen LogP contribution is 2.23. The van der Waals surface area contributed by atoms with E-state index in [1.807, 2.05) is 25.1 Å². The predicted octanol–water partition coefficient (Wildman–Crippen LogP) is 4.85. The first-order valence-electron chi connectivity index (χ1n) is 6.86. The number of hydrogen-bond acceptors (Lipinski definition) is 1. The van der Waals surface area contributed by atoms with Gasteiger partial charge in [-0.15, -0.1) is 0 Å². The van der Waals surface area contributed by atoms with Crippen molar-refractivity contribution in [2.75, 3.05) is 0 Å². The minimum Gasteiger partial charge on any atom is -0.350 e. The molecule has 2 nitrogen and oxygen atoms in total. The topological polar surface area (TPSA) is 29.1 Å². The van der Waals surface area contributed by atoms with Gasteiger partial charge in [-0.2, -0.15) is 0 Å². The zero-order valence-corrected chi connectivity index (χ0v) is 14.1. The minimum absolute atomic E-state index is 0.0926. The molecular formula is C17H17BrClNO. The molecule has 0 aliphatic rings. The maximum Gasteiger partial charge on any atom is 0.251 e. The Balaban J connectivity index is 1.88. The van der Waals surface area contributed by atoms with Crippen LogP contribution in [0.5, 0.6) is 0 Å². The number of nitrogens with one attached hydrogen (secondary N) is 1. The van der Waals surface area contributed by atoms with E-state index >= 15 is 0 Å². The third-order valence-electron chi connectivity index (χ3n) is 3.27. The molecule has 0 fully saturated rings. The van der Waals surface area contributed by atoms with Crippen molar-refractivity contribution in [1.82, 2.24) is 5.32 Å².